The molecule has 0 N–H and O–H groups in total. The zero-order valence-electron chi connectivity index (χ0n) is 9.25. The van der Waals surface area contributed by atoms with E-state index in [1.807, 2.05) is 6.92 Å². The minimum absolute atomic E-state index is 0.136. The summed E-state index contributed by atoms with van der Waals surface area (Å²) in [4.78, 5) is 0.692. The Morgan fingerprint density at radius 2 is 1.75 bits per heavy atom. The van der Waals surface area contributed by atoms with Crippen LogP contribution in [-0.4, -0.2) is 20.6 Å². The molecule has 0 fully saturated rings. The SMILES string of the molecule is C[C@@H]1C=C(S(=O)(=O)c2ccccc2)[C@H](C)O1. The molecule has 1 aromatic carbocycles. The molecule has 0 radical (unpaired) electrons. The summed E-state index contributed by atoms with van der Waals surface area (Å²) in [5.41, 5.74) is 0. The maximum Gasteiger partial charge on any atom is 0.205 e. The highest BCUT2D eigenvalue weighted by molar-refractivity contribution is 7.95. The van der Waals surface area contributed by atoms with E-state index in [1.165, 1.54) is 0 Å². The summed E-state index contributed by atoms with van der Waals surface area (Å²) in [7, 11) is -3.38. The van der Waals surface area contributed by atoms with Crippen molar-refractivity contribution in [1.29, 1.82) is 0 Å². The number of hydrogen-bond acceptors (Lipinski definition) is 3. The summed E-state index contributed by atoms with van der Waals surface area (Å²) in [6.07, 6.45) is 1.18. The zero-order chi connectivity index (χ0) is 11.8. The summed E-state index contributed by atoms with van der Waals surface area (Å²) in [5, 5.41) is 0. The predicted molar refractivity (Wildman–Crippen MR) is 61.7 cm³/mol. The number of hydrogen-bond donors (Lipinski definition) is 0. The first kappa shape index (κ1) is 11.4. The van der Waals surface area contributed by atoms with Crippen LogP contribution in [0, 0.1) is 0 Å². The highest BCUT2D eigenvalue weighted by atomic mass is 32.2. The molecule has 86 valence electrons. The fourth-order valence-corrected chi connectivity index (χ4v) is 3.49. The van der Waals surface area contributed by atoms with Crippen molar-refractivity contribution in [3.05, 3.63) is 41.3 Å². The van der Waals surface area contributed by atoms with Crippen LogP contribution in [0.3, 0.4) is 0 Å². The molecule has 0 unspecified atom stereocenters. The number of ether oxygens (including phenoxy) is 1. The van der Waals surface area contributed by atoms with E-state index in [0.29, 0.717) is 9.80 Å². The van der Waals surface area contributed by atoms with Gasteiger partial charge in [-0.25, -0.2) is 8.42 Å². The van der Waals surface area contributed by atoms with Crippen LogP contribution in [0.4, 0.5) is 0 Å². The molecule has 0 spiro atoms. The van der Waals surface area contributed by atoms with Crippen LogP contribution in [0.2, 0.25) is 0 Å². The molecular weight excluding hydrogens is 224 g/mol. The molecule has 16 heavy (non-hydrogen) atoms. The quantitative estimate of drug-likeness (QED) is 0.793. The lowest BCUT2D eigenvalue weighted by molar-refractivity contribution is 0.0812. The maximum atomic E-state index is 12.2. The van der Waals surface area contributed by atoms with Gasteiger partial charge in [0.15, 0.2) is 0 Å². The van der Waals surface area contributed by atoms with E-state index in [1.54, 1.807) is 43.3 Å². The molecule has 1 aliphatic rings. The van der Waals surface area contributed by atoms with Crippen molar-refractivity contribution in [1.82, 2.24) is 0 Å². The second-order valence-electron chi connectivity index (χ2n) is 3.87. The largest absolute Gasteiger partial charge is 0.366 e. The molecule has 0 bridgehead atoms. The fourth-order valence-electron chi connectivity index (χ4n) is 1.84. The topological polar surface area (TPSA) is 43.4 Å². The molecule has 3 nitrogen and oxygen atoms in total. The van der Waals surface area contributed by atoms with E-state index in [2.05, 4.69) is 0 Å². The van der Waals surface area contributed by atoms with Gasteiger partial charge in [0.2, 0.25) is 9.84 Å². The van der Waals surface area contributed by atoms with E-state index < -0.39 is 9.84 Å². The van der Waals surface area contributed by atoms with Crippen LogP contribution < -0.4 is 0 Å². The molecule has 0 aliphatic carbocycles. The highest BCUT2D eigenvalue weighted by Crippen LogP contribution is 2.29. The van der Waals surface area contributed by atoms with E-state index >= 15 is 0 Å². The van der Waals surface area contributed by atoms with Gasteiger partial charge < -0.3 is 4.74 Å². The van der Waals surface area contributed by atoms with Crippen LogP contribution in [0.25, 0.3) is 0 Å². The molecule has 1 aromatic rings. The van der Waals surface area contributed by atoms with Crippen molar-refractivity contribution in [3.8, 4) is 0 Å². The number of rotatable bonds is 2. The Bertz CT molecular complexity index is 502. The van der Waals surface area contributed by atoms with Crippen LogP contribution in [-0.2, 0) is 14.6 Å². The normalized spacial score (nSPS) is 25.5. The molecule has 0 saturated heterocycles. The molecule has 0 saturated carbocycles. The zero-order valence-corrected chi connectivity index (χ0v) is 10.1. The number of sulfone groups is 1. The van der Waals surface area contributed by atoms with Crippen molar-refractivity contribution < 1.29 is 13.2 Å². The molecule has 0 aromatic heterocycles. The third-order valence-electron chi connectivity index (χ3n) is 2.58. The van der Waals surface area contributed by atoms with Crippen LogP contribution >= 0.6 is 0 Å². The van der Waals surface area contributed by atoms with E-state index in [4.69, 9.17) is 4.74 Å². The lowest BCUT2D eigenvalue weighted by atomic mass is 10.3. The summed E-state index contributed by atoms with van der Waals surface area (Å²) in [6.45, 7) is 3.60. The van der Waals surface area contributed by atoms with Gasteiger partial charge >= 0.3 is 0 Å². The predicted octanol–water partition coefficient (Wildman–Crippen LogP) is 2.15. The second kappa shape index (κ2) is 4.03. The van der Waals surface area contributed by atoms with Gasteiger partial charge in [-0.05, 0) is 32.1 Å². The lowest BCUT2D eigenvalue weighted by Crippen LogP contribution is -2.14. The molecule has 1 heterocycles. The van der Waals surface area contributed by atoms with E-state index in [-0.39, 0.29) is 12.2 Å². The van der Waals surface area contributed by atoms with Gasteiger partial charge in [-0.2, -0.15) is 0 Å². The summed E-state index contributed by atoms with van der Waals surface area (Å²) in [6, 6.07) is 8.44. The van der Waals surface area contributed by atoms with Gasteiger partial charge in [0.25, 0.3) is 0 Å². The Morgan fingerprint density at radius 3 is 2.25 bits per heavy atom. The minimum atomic E-state index is -3.38. The Balaban J connectivity index is 2.45. The van der Waals surface area contributed by atoms with Crippen LogP contribution in [0.5, 0.6) is 0 Å². The average Bonchev–Trinajstić information content (AvgIpc) is 2.60. The van der Waals surface area contributed by atoms with Gasteiger partial charge in [-0.1, -0.05) is 18.2 Å². The van der Waals surface area contributed by atoms with Gasteiger partial charge in [0.05, 0.1) is 22.0 Å². The third-order valence-corrected chi connectivity index (χ3v) is 4.56. The maximum absolute atomic E-state index is 12.2. The summed E-state index contributed by atoms with van der Waals surface area (Å²) >= 11 is 0. The van der Waals surface area contributed by atoms with Gasteiger partial charge in [0.1, 0.15) is 0 Å². The van der Waals surface area contributed by atoms with Crippen molar-refractivity contribution in [2.75, 3.05) is 0 Å². The van der Waals surface area contributed by atoms with Crippen molar-refractivity contribution in [2.24, 2.45) is 0 Å². The number of benzene rings is 1. The first-order valence-corrected chi connectivity index (χ1v) is 6.67. The van der Waals surface area contributed by atoms with Crippen molar-refractivity contribution >= 4 is 9.84 Å². The monoisotopic (exact) mass is 238 g/mol. The molecule has 4 heteroatoms. The fraction of sp³-hybridized carbons (Fsp3) is 0.333. The molecule has 1 aliphatic heterocycles. The van der Waals surface area contributed by atoms with E-state index in [0.717, 1.165) is 0 Å². The molecule has 0 amide bonds. The first-order valence-electron chi connectivity index (χ1n) is 5.19. The van der Waals surface area contributed by atoms with Crippen LogP contribution in [0.1, 0.15) is 13.8 Å². The van der Waals surface area contributed by atoms with E-state index in [9.17, 15) is 8.42 Å². The standard InChI is InChI=1S/C12H14O3S/c1-9-8-12(10(2)15-9)16(13,14)11-6-4-3-5-7-11/h3-10H,1-2H3/t9-,10+/m1/s1. The van der Waals surface area contributed by atoms with Crippen LogP contribution in [0.15, 0.2) is 46.2 Å². The average molecular weight is 238 g/mol. The molecule has 2 atom stereocenters. The smallest absolute Gasteiger partial charge is 0.205 e. The highest BCUT2D eigenvalue weighted by Gasteiger charge is 2.31. The molecular formula is C12H14O3S. The Labute approximate surface area is 95.7 Å². The summed E-state index contributed by atoms with van der Waals surface area (Å²) in [5.74, 6) is 0. The van der Waals surface area contributed by atoms with Gasteiger partial charge in [-0.15, -0.1) is 0 Å². The van der Waals surface area contributed by atoms with Gasteiger partial charge in [-0.3, -0.25) is 0 Å². The minimum Gasteiger partial charge on any atom is -0.366 e. The van der Waals surface area contributed by atoms with Gasteiger partial charge in [0, 0.05) is 0 Å². The lowest BCUT2D eigenvalue weighted by Gasteiger charge is -2.10. The second-order valence-corrected chi connectivity index (χ2v) is 5.82. The first-order chi connectivity index (χ1) is 7.51. The molecule has 2 rings (SSSR count). The summed E-state index contributed by atoms with van der Waals surface area (Å²) < 4.78 is 29.9. The Kier molecular flexibility index (Phi) is 2.86. The van der Waals surface area contributed by atoms with Crippen molar-refractivity contribution in [3.63, 3.8) is 0 Å². The Morgan fingerprint density at radius 1 is 1.12 bits per heavy atom. The van der Waals surface area contributed by atoms with Crippen molar-refractivity contribution in [2.45, 2.75) is 31.0 Å². The third kappa shape index (κ3) is 1.90. The Hall–Kier alpha value is -1.13.